The Morgan fingerprint density at radius 1 is 1.18 bits per heavy atom. The Balaban J connectivity index is 2.56. The molecule has 0 aromatic carbocycles. The van der Waals surface area contributed by atoms with Crippen LogP contribution < -0.4 is 0 Å². The van der Waals surface area contributed by atoms with Crippen molar-refractivity contribution in [1.29, 1.82) is 0 Å². The van der Waals surface area contributed by atoms with Gasteiger partial charge in [-0.15, -0.1) is 0 Å². The van der Waals surface area contributed by atoms with E-state index in [1.54, 1.807) is 5.57 Å². The van der Waals surface area contributed by atoms with E-state index in [0.717, 1.165) is 11.8 Å². The summed E-state index contributed by atoms with van der Waals surface area (Å²) >= 11 is 0. The van der Waals surface area contributed by atoms with Crippen LogP contribution in [-0.2, 0) is 0 Å². The Morgan fingerprint density at radius 3 is 2.24 bits per heavy atom. The van der Waals surface area contributed by atoms with E-state index in [2.05, 4.69) is 40.7 Å². The molecule has 0 saturated heterocycles. The Kier molecular flexibility index (Phi) is 5.76. The minimum absolute atomic E-state index is 0.572. The number of allylic oxidation sites excluding steroid dienone is 2. The molecule has 0 heteroatoms. The number of hydrogen-bond acceptors (Lipinski definition) is 0. The first kappa shape index (κ1) is 14.8. The van der Waals surface area contributed by atoms with Gasteiger partial charge in [0.15, 0.2) is 0 Å². The zero-order valence-corrected chi connectivity index (χ0v) is 12.7. The summed E-state index contributed by atoms with van der Waals surface area (Å²) in [5, 5.41) is 0. The highest BCUT2D eigenvalue weighted by Gasteiger charge is 2.34. The van der Waals surface area contributed by atoms with Crippen LogP contribution in [0, 0.1) is 17.3 Å². The third-order valence-electron chi connectivity index (χ3n) is 4.44. The standard InChI is InChI=1S/C17H32/c1-6-8-16(17(5)11-7-12-17)13-15(4)10-9-14(2)3/h13-15H,6-12H2,1-5H3. The minimum atomic E-state index is 0.572. The van der Waals surface area contributed by atoms with Gasteiger partial charge in [-0.05, 0) is 42.9 Å². The maximum absolute atomic E-state index is 2.62. The lowest BCUT2D eigenvalue weighted by atomic mass is 9.64. The molecule has 1 fully saturated rings. The van der Waals surface area contributed by atoms with Crippen LogP contribution in [-0.4, -0.2) is 0 Å². The summed E-state index contributed by atoms with van der Waals surface area (Å²) in [6.45, 7) is 11.9. The Labute approximate surface area is 109 Å². The summed E-state index contributed by atoms with van der Waals surface area (Å²) < 4.78 is 0. The SMILES string of the molecule is CCCC(=CC(C)CCC(C)C)C1(C)CCC1. The molecule has 0 spiro atoms. The van der Waals surface area contributed by atoms with Gasteiger partial charge < -0.3 is 0 Å². The maximum Gasteiger partial charge on any atom is -0.0116 e. The van der Waals surface area contributed by atoms with Gasteiger partial charge in [0.25, 0.3) is 0 Å². The lowest BCUT2D eigenvalue weighted by Crippen LogP contribution is -2.28. The van der Waals surface area contributed by atoms with Crippen LogP contribution in [0.5, 0.6) is 0 Å². The third-order valence-corrected chi connectivity index (χ3v) is 4.44. The van der Waals surface area contributed by atoms with E-state index in [-0.39, 0.29) is 0 Å². The normalized spacial score (nSPS) is 21.4. The van der Waals surface area contributed by atoms with Crippen LogP contribution >= 0.6 is 0 Å². The first-order chi connectivity index (χ1) is 7.98. The molecular weight excluding hydrogens is 204 g/mol. The number of rotatable bonds is 7. The van der Waals surface area contributed by atoms with Gasteiger partial charge in [-0.25, -0.2) is 0 Å². The van der Waals surface area contributed by atoms with Crippen LogP contribution in [0.4, 0.5) is 0 Å². The molecule has 0 heterocycles. The van der Waals surface area contributed by atoms with Gasteiger partial charge in [-0.3, -0.25) is 0 Å². The van der Waals surface area contributed by atoms with Crippen molar-refractivity contribution in [3.63, 3.8) is 0 Å². The average molecular weight is 236 g/mol. The van der Waals surface area contributed by atoms with Crippen molar-refractivity contribution >= 4 is 0 Å². The molecule has 0 aromatic heterocycles. The molecule has 0 nitrogen and oxygen atoms in total. The van der Waals surface area contributed by atoms with Crippen LogP contribution in [0.3, 0.4) is 0 Å². The first-order valence-corrected chi connectivity index (χ1v) is 7.69. The fourth-order valence-electron chi connectivity index (χ4n) is 2.91. The molecule has 100 valence electrons. The molecule has 0 radical (unpaired) electrons. The zero-order chi connectivity index (χ0) is 12.9. The molecule has 0 aromatic rings. The van der Waals surface area contributed by atoms with Crippen LogP contribution in [0.2, 0.25) is 0 Å². The average Bonchev–Trinajstić information content (AvgIpc) is 2.22. The lowest BCUT2D eigenvalue weighted by Gasteiger charge is -2.41. The van der Waals surface area contributed by atoms with Gasteiger partial charge in [-0.1, -0.05) is 65.5 Å². The molecule has 1 saturated carbocycles. The molecule has 1 aliphatic rings. The molecule has 0 bridgehead atoms. The van der Waals surface area contributed by atoms with Crippen molar-refractivity contribution in [2.45, 2.75) is 79.6 Å². The number of hydrogen-bond donors (Lipinski definition) is 0. The van der Waals surface area contributed by atoms with Crippen molar-refractivity contribution in [3.8, 4) is 0 Å². The fourth-order valence-corrected chi connectivity index (χ4v) is 2.91. The van der Waals surface area contributed by atoms with E-state index in [1.165, 1.54) is 44.9 Å². The Morgan fingerprint density at radius 2 is 1.82 bits per heavy atom. The molecule has 0 amide bonds. The second-order valence-electron chi connectivity index (χ2n) is 6.80. The molecular formula is C17H32. The van der Waals surface area contributed by atoms with Gasteiger partial charge in [0.1, 0.15) is 0 Å². The Hall–Kier alpha value is -0.260. The molecule has 0 N–H and O–H groups in total. The highest BCUT2D eigenvalue weighted by molar-refractivity contribution is 5.17. The van der Waals surface area contributed by atoms with E-state index in [1.807, 2.05) is 0 Å². The summed E-state index contributed by atoms with van der Waals surface area (Å²) in [6.07, 6.45) is 12.3. The monoisotopic (exact) mass is 236 g/mol. The molecule has 1 aliphatic carbocycles. The van der Waals surface area contributed by atoms with Crippen molar-refractivity contribution in [2.24, 2.45) is 17.3 Å². The predicted octanol–water partition coefficient (Wildman–Crippen LogP) is 5.98. The van der Waals surface area contributed by atoms with Gasteiger partial charge in [0.2, 0.25) is 0 Å². The second-order valence-corrected chi connectivity index (χ2v) is 6.80. The minimum Gasteiger partial charge on any atom is -0.0819 e. The van der Waals surface area contributed by atoms with Crippen LogP contribution in [0.25, 0.3) is 0 Å². The highest BCUT2D eigenvalue weighted by Crippen LogP contribution is 2.48. The largest absolute Gasteiger partial charge is 0.0819 e. The predicted molar refractivity (Wildman–Crippen MR) is 78.2 cm³/mol. The highest BCUT2D eigenvalue weighted by atomic mass is 14.4. The van der Waals surface area contributed by atoms with E-state index in [0.29, 0.717) is 5.41 Å². The van der Waals surface area contributed by atoms with E-state index >= 15 is 0 Å². The van der Waals surface area contributed by atoms with Gasteiger partial charge in [0.05, 0.1) is 0 Å². The lowest BCUT2D eigenvalue weighted by molar-refractivity contribution is 0.206. The van der Waals surface area contributed by atoms with Gasteiger partial charge in [-0.2, -0.15) is 0 Å². The van der Waals surface area contributed by atoms with Crippen LogP contribution in [0.1, 0.15) is 79.6 Å². The van der Waals surface area contributed by atoms with Crippen molar-refractivity contribution in [2.75, 3.05) is 0 Å². The van der Waals surface area contributed by atoms with E-state index < -0.39 is 0 Å². The summed E-state index contributed by atoms with van der Waals surface area (Å²) in [5.41, 5.74) is 2.34. The molecule has 17 heavy (non-hydrogen) atoms. The van der Waals surface area contributed by atoms with Crippen molar-refractivity contribution in [1.82, 2.24) is 0 Å². The molecule has 1 rings (SSSR count). The smallest absolute Gasteiger partial charge is 0.0116 e. The van der Waals surface area contributed by atoms with E-state index in [4.69, 9.17) is 0 Å². The Bertz CT molecular complexity index is 243. The van der Waals surface area contributed by atoms with Gasteiger partial charge in [0, 0.05) is 0 Å². The van der Waals surface area contributed by atoms with Crippen molar-refractivity contribution < 1.29 is 0 Å². The molecule has 1 atom stereocenters. The summed E-state index contributed by atoms with van der Waals surface area (Å²) in [5.74, 6) is 1.62. The van der Waals surface area contributed by atoms with Gasteiger partial charge >= 0.3 is 0 Å². The molecule has 0 aliphatic heterocycles. The fraction of sp³-hybridized carbons (Fsp3) is 0.882. The maximum atomic E-state index is 2.62. The summed E-state index contributed by atoms with van der Waals surface area (Å²) in [6, 6.07) is 0. The first-order valence-electron chi connectivity index (χ1n) is 7.69. The third kappa shape index (κ3) is 4.48. The quantitative estimate of drug-likeness (QED) is 0.477. The van der Waals surface area contributed by atoms with E-state index in [9.17, 15) is 0 Å². The van der Waals surface area contributed by atoms with Crippen LogP contribution in [0.15, 0.2) is 11.6 Å². The molecule has 1 unspecified atom stereocenters. The summed E-state index contributed by atoms with van der Waals surface area (Å²) in [7, 11) is 0. The summed E-state index contributed by atoms with van der Waals surface area (Å²) in [4.78, 5) is 0. The second kappa shape index (κ2) is 6.61. The van der Waals surface area contributed by atoms with Crippen molar-refractivity contribution in [3.05, 3.63) is 11.6 Å². The zero-order valence-electron chi connectivity index (χ0n) is 12.7. The topological polar surface area (TPSA) is 0 Å².